The first-order chi connectivity index (χ1) is 14.5. The van der Waals surface area contributed by atoms with Crippen LogP contribution in [0.5, 0.6) is 0 Å². The molecule has 1 saturated heterocycles. The number of carbonyl (C=O) groups excluding carboxylic acids is 2. The molecule has 1 aliphatic heterocycles. The Balaban J connectivity index is 1.44. The van der Waals surface area contributed by atoms with Gasteiger partial charge in [0.25, 0.3) is 5.91 Å². The third-order valence-electron chi connectivity index (χ3n) is 5.38. The normalized spacial score (nSPS) is 14.2. The van der Waals surface area contributed by atoms with Gasteiger partial charge in [-0.15, -0.1) is 0 Å². The molecule has 1 aliphatic rings. The molecule has 3 aromatic rings. The Morgan fingerprint density at radius 3 is 2.30 bits per heavy atom. The summed E-state index contributed by atoms with van der Waals surface area (Å²) in [5.41, 5.74) is 1.15. The van der Waals surface area contributed by atoms with Crippen LogP contribution in [-0.4, -0.2) is 63.9 Å². The number of fused-ring (bicyclic) bond motifs is 1. The molecule has 2 N–H and O–H groups in total. The molecule has 0 unspecified atom stereocenters. The SMILES string of the molecule is O=C(O)c1ccc(F)c2c(CC(=O)N3CCN(C(=O)c4ccccc4)CC3)c[nH]c12. The van der Waals surface area contributed by atoms with E-state index in [4.69, 9.17) is 0 Å². The van der Waals surface area contributed by atoms with Crippen molar-refractivity contribution in [2.75, 3.05) is 26.2 Å². The Kier molecular flexibility index (Phi) is 5.22. The van der Waals surface area contributed by atoms with Crippen LogP contribution in [-0.2, 0) is 11.2 Å². The van der Waals surface area contributed by atoms with Crippen LogP contribution in [0.2, 0.25) is 0 Å². The molecule has 0 saturated carbocycles. The lowest BCUT2D eigenvalue weighted by atomic mass is 10.1. The predicted molar refractivity (Wildman–Crippen MR) is 108 cm³/mol. The van der Waals surface area contributed by atoms with Gasteiger partial charge >= 0.3 is 5.97 Å². The number of nitrogens with one attached hydrogen (secondary N) is 1. The molecule has 2 heterocycles. The summed E-state index contributed by atoms with van der Waals surface area (Å²) in [6, 6.07) is 11.3. The second-order valence-corrected chi connectivity index (χ2v) is 7.18. The van der Waals surface area contributed by atoms with Crippen LogP contribution in [0.1, 0.15) is 26.3 Å². The molecule has 154 valence electrons. The Hall–Kier alpha value is -3.68. The zero-order chi connectivity index (χ0) is 21.3. The van der Waals surface area contributed by atoms with E-state index >= 15 is 0 Å². The van der Waals surface area contributed by atoms with Crippen LogP contribution in [0.15, 0.2) is 48.7 Å². The highest BCUT2D eigenvalue weighted by molar-refractivity contribution is 6.04. The summed E-state index contributed by atoms with van der Waals surface area (Å²) >= 11 is 0. The highest BCUT2D eigenvalue weighted by atomic mass is 19.1. The molecule has 30 heavy (non-hydrogen) atoms. The number of piperazine rings is 1. The molecule has 7 nitrogen and oxygen atoms in total. The Morgan fingerprint density at radius 1 is 0.967 bits per heavy atom. The number of hydrogen-bond acceptors (Lipinski definition) is 3. The average molecular weight is 409 g/mol. The average Bonchev–Trinajstić information content (AvgIpc) is 3.18. The van der Waals surface area contributed by atoms with Crippen molar-refractivity contribution in [1.82, 2.24) is 14.8 Å². The minimum absolute atomic E-state index is 0.0434. The number of carboxylic acids is 1. The lowest BCUT2D eigenvalue weighted by Crippen LogP contribution is -2.51. The van der Waals surface area contributed by atoms with E-state index in [-0.39, 0.29) is 34.7 Å². The number of hydrogen-bond donors (Lipinski definition) is 2. The summed E-state index contributed by atoms with van der Waals surface area (Å²) in [4.78, 5) is 42.8. The van der Waals surface area contributed by atoms with Crippen molar-refractivity contribution in [3.8, 4) is 0 Å². The van der Waals surface area contributed by atoms with Crippen molar-refractivity contribution in [1.29, 1.82) is 0 Å². The van der Waals surface area contributed by atoms with Crippen LogP contribution in [0.3, 0.4) is 0 Å². The molecule has 1 fully saturated rings. The van der Waals surface area contributed by atoms with Gasteiger partial charge in [0.2, 0.25) is 5.91 Å². The predicted octanol–water partition coefficient (Wildman–Crippen LogP) is 2.53. The van der Waals surface area contributed by atoms with Crippen molar-refractivity contribution in [3.05, 3.63) is 71.2 Å². The van der Waals surface area contributed by atoms with Gasteiger partial charge in [-0.1, -0.05) is 18.2 Å². The monoisotopic (exact) mass is 409 g/mol. The number of aromatic nitrogens is 1. The summed E-state index contributed by atoms with van der Waals surface area (Å²) in [5.74, 6) is -2.00. The number of carbonyl (C=O) groups is 3. The van der Waals surface area contributed by atoms with E-state index in [0.29, 0.717) is 37.3 Å². The first kappa shape index (κ1) is 19.6. The standard InChI is InChI=1S/C22H20FN3O4/c23-17-7-6-16(22(29)30)20-19(17)15(13-24-20)12-18(27)25-8-10-26(11-9-25)21(28)14-4-2-1-3-5-14/h1-7,13,24H,8-12H2,(H,29,30). The second-order valence-electron chi connectivity index (χ2n) is 7.18. The van der Waals surface area contributed by atoms with E-state index in [1.54, 1.807) is 21.9 Å². The number of halogens is 1. The third kappa shape index (κ3) is 3.63. The van der Waals surface area contributed by atoms with Gasteiger partial charge in [-0.2, -0.15) is 0 Å². The highest BCUT2D eigenvalue weighted by Crippen LogP contribution is 2.26. The maximum Gasteiger partial charge on any atom is 0.337 e. The lowest BCUT2D eigenvalue weighted by Gasteiger charge is -2.35. The van der Waals surface area contributed by atoms with Gasteiger partial charge in [0.15, 0.2) is 0 Å². The number of aromatic carboxylic acids is 1. The zero-order valence-electron chi connectivity index (χ0n) is 16.1. The smallest absolute Gasteiger partial charge is 0.337 e. The van der Waals surface area contributed by atoms with E-state index in [9.17, 15) is 23.9 Å². The first-order valence-corrected chi connectivity index (χ1v) is 9.59. The van der Waals surface area contributed by atoms with Gasteiger partial charge in [-0.05, 0) is 29.8 Å². The molecule has 0 radical (unpaired) electrons. The fraction of sp³-hybridized carbons (Fsp3) is 0.227. The lowest BCUT2D eigenvalue weighted by molar-refractivity contribution is -0.131. The van der Waals surface area contributed by atoms with Gasteiger partial charge < -0.3 is 19.9 Å². The first-order valence-electron chi connectivity index (χ1n) is 9.59. The fourth-order valence-electron chi connectivity index (χ4n) is 3.79. The minimum Gasteiger partial charge on any atom is -0.478 e. The van der Waals surface area contributed by atoms with Crippen molar-refractivity contribution >= 4 is 28.7 Å². The number of nitrogens with zero attached hydrogens (tertiary/aromatic N) is 2. The molecule has 2 aromatic carbocycles. The van der Waals surface area contributed by atoms with Crippen molar-refractivity contribution in [2.24, 2.45) is 0 Å². The molecule has 4 rings (SSSR count). The van der Waals surface area contributed by atoms with Crippen LogP contribution in [0.25, 0.3) is 10.9 Å². The van der Waals surface area contributed by atoms with Gasteiger partial charge in [-0.25, -0.2) is 9.18 Å². The summed E-state index contributed by atoms with van der Waals surface area (Å²) in [6.07, 6.45) is 1.43. The summed E-state index contributed by atoms with van der Waals surface area (Å²) in [5, 5.41) is 9.40. The summed E-state index contributed by atoms with van der Waals surface area (Å²) < 4.78 is 14.3. The Morgan fingerprint density at radius 2 is 1.63 bits per heavy atom. The van der Waals surface area contributed by atoms with E-state index in [0.717, 1.165) is 6.07 Å². The van der Waals surface area contributed by atoms with Crippen LogP contribution in [0.4, 0.5) is 4.39 Å². The number of aromatic amines is 1. The molecule has 2 amide bonds. The zero-order valence-corrected chi connectivity index (χ0v) is 16.1. The number of rotatable bonds is 4. The number of amides is 2. The van der Waals surface area contributed by atoms with Crippen LogP contribution in [0, 0.1) is 5.82 Å². The molecule has 0 atom stereocenters. The number of H-pyrrole nitrogens is 1. The molecular formula is C22H20FN3O4. The molecule has 0 spiro atoms. The fourth-order valence-corrected chi connectivity index (χ4v) is 3.79. The molecule has 0 aliphatic carbocycles. The largest absolute Gasteiger partial charge is 0.478 e. The second kappa shape index (κ2) is 7.98. The summed E-state index contributed by atoms with van der Waals surface area (Å²) in [7, 11) is 0. The van der Waals surface area contributed by atoms with E-state index in [1.165, 1.54) is 12.3 Å². The van der Waals surface area contributed by atoms with Crippen molar-refractivity contribution < 1.29 is 23.9 Å². The maximum atomic E-state index is 14.3. The van der Waals surface area contributed by atoms with E-state index in [1.807, 2.05) is 18.2 Å². The minimum atomic E-state index is -1.17. The third-order valence-corrected chi connectivity index (χ3v) is 5.38. The molecule has 0 bridgehead atoms. The van der Waals surface area contributed by atoms with Crippen LogP contribution < -0.4 is 0 Å². The number of benzene rings is 2. The van der Waals surface area contributed by atoms with Crippen molar-refractivity contribution in [2.45, 2.75) is 6.42 Å². The summed E-state index contributed by atoms with van der Waals surface area (Å²) in [6.45, 7) is 1.63. The van der Waals surface area contributed by atoms with Gasteiger partial charge in [-0.3, -0.25) is 9.59 Å². The van der Waals surface area contributed by atoms with Crippen molar-refractivity contribution in [3.63, 3.8) is 0 Å². The Labute approximate surface area is 171 Å². The van der Waals surface area contributed by atoms with Crippen LogP contribution >= 0.6 is 0 Å². The van der Waals surface area contributed by atoms with Gasteiger partial charge in [0, 0.05) is 43.3 Å². The number of carboxylic acid groups (broad SMARTS) is 1. The topological polar surface area (TPSA) is 93.7 Å². The quantitative estimate of drug-likeness (QED) is 0.693. The van der Waals surface area contributed by atoms with E-state index in [2.05, 4.69) is 4.98 Å². The molecular weight excluding hydrogens is 389 g/mol. The van der Waals surface area contributed by atoms with Gasteiger partial charge in [0.1, 0.15) is 5.82 Å². The molecule has 1 aromatic heterocycles. The highest BCUT2D eigenvalue weighted by Gasteiger charge is 2.26. The Bertz CT molecular complexity index is 1120. The van der Waals surface area contributed by atoms with Gasteiger partial charge in [0.05, 0.1) is 17.5 Å². The van der Waals surface area contributed by atoms with E-state index < -0.39 is 11.8 Å². The molecule has 8 heteroatoms. The maximum absolute atomic E-state index is 14.3.